The highest BCUT2D eigenvalue weighted by Gasteiger charge is 2.25. The zero-order valence-electron chi connectivity index (χ0n) is 16.9. The molecule has 0 spiro atoms. The number of rotatable bonds is 9. The number of benzene rings is 1. The smallest absolute Gasteiger partial charge is 0.273 e. The maximum atomic E-state index is 13.7. The topological polar surface area (TPSA) is 104 Å². The molecule has 2 aromatic heterocycles. The van der Waals surface area contributed by atoms with E-state index in [0.717, 1.165) is 12.1 Å². The highest BCUT2D eigenvalue weighted by atomic mass is 19.1. The number of amides is 1. The number of aromatic nitrogens is 2. The average molecular weight is 446 g/mol. The van der Waals surface area contributed by atoms with Gasteiger partial charge in [0.2, 0.25) is 0 Å². The van der Waals surface area contributed by atoms with Crippen LogP contribution in [0.3, 0.4) is 0 Å². The highest BCUT2D eigenvalue weighted by molar-refractivity contribution is 5.91. The number of nitrogens with one attached hydrogen (secondary N) is 4. The SMILES string of the molecule is O=C(NCc1ncccc1F)c1coc(CCNCCC2Nc3c(F)ccc(F)c3N2)n1. The molecule has 0 fully saturated rings. The molecule has 0 unspecified atom stereocenters. The van der Waals surface area contributed by atoms with Crippen LogP contribution in [0.1, 0.15) is 28.5 Å². The van der Waals surface area contributed by atoms with Gasteiger partial charge in [-0.05, 0) is 37.2 Å². The van der Waals surface area contributed by atoms with E-state index in [1.165, 1.54) is 24.6 Å². The van der Waals surface area contributed by atoms with Crippen molar-refractivity contribution in [1.29, 1.82) is 0 Å². The third-order valence-corrected chi connectivity index (χ3v) is 4.90. The van der Waals surface area contributed by atoms with Crippen molar-refractivity contribution in [1.82, 2.24) is 20.6 Å². The van der Waals surface area contributed by atoms with Crippen LogP contribution in [0.4, 0.5) is 24.5 Å². The average Bonchev–Trinajstić information content (AvgIpc) is 3.44. The lowest BCUT2D eigenvalue weighted by molar-refractivity contribution is 0.0945. The number of anilines is 2. The first-order valence-electron chi connectivity index (χ1n) is 10.0. The van der Waals surface area contributed by atoms with E-state index >= 15 is 0 Å². The Bertz CT molecular complexity index is 1080. The zero-order chi connectivity index (χ0) is 22.5. The van der Waals surface area contributed by atoms with Gasteiger partial charge in [-0.15, -0.1) is 0 Å². The van der Waals surface area contributed by atoms with Crippen molar-refractivity contribution < 1.29 is 22.4 Å². The van der Waals surface area contributed by atoms with Crippen molar-refractivity contribution in [3.63, 3.8) is 0 Å². The molecule has 4 rings (SSSR count). The second-order valence-corrected chi connectivity index (χ2v) is 7.15. The van der Waals surface area contributed by atoms with E-state index < -0.39 is 23.4 Å². The highest BCUT2D eigenvalue weighted by Crippen LogP contribution is 2.34. The van der Waals surface area contributed by atoms with Gasteiger partial charge in [0.15, 0.2) is 11.6 Å². The molecule has 1 amide bonds. The van der Waals surface area contributed by atoms with E-state index in [9.17, 15) is 18.0 Å². The van der Waals surface area contributed by atoms with Crippen molar-refractivity contribution in [2.45, 2.75) is 25.6 Å². The summed E-state index contributed by atoms with van der Waals surface area (Å²) in [4.78, 5) is 20.1. The Morgan fingerprint density at radius 2 is 1.81 bits per heavy atom. The van der Waals surface area contributed by atoms with Crippen molar-refractivity contribution >= 4 is 17.3 Å². The standard InChI is InChI=1S/C21H21F3N6O2/c22-12-2-1-7-26-15(12)10-27-21(31)16-11-32-18(28-16)6-9-25-8-5-17-29-19-13(23)3-4-14(24)20(19)30-17/h1-4,7,11,17,25,29-30H,5-6,8-10H2,(H,27,31). The Hall–Kier alpha value is -3.60. The molecule has 0 atom stereocenters. The molecule has 168 valence electrons. The van der Waals surface area contributed by atoms with Gasteiger partial charge < -0.3 is 25.7 Å². The normalized spacial score (nSPS) is 12.8. The minimum Gasteiger partial charge on any atom is -0.448 e. The molecular weight excluding hydrogens is 425 g/mol. The lowest BCUT2D eigenvalue weighted by Gasteiger charge is -2.12. The van der Waals surface area contributed by atoms with Gasteiger partial charge in [0.1, 0.15) is 23.7 Å². The molecule has 0 radical (unpaired) electrons. The van der Waals surface area contributed by atoms with Crippen LogP contribution in [-0.2, 0) is 13.0 Å². The molecule has 8 nitrogen and oxygen atoms in total. The molecule has 0 saturated heterocycles. The van der Waals surface area contributed by atoms with Gasteiger partial charge in [-0.25, -0.2) is 18.2 Å². The van der Waals surface area contributed by atoms with Gasteiger partial charge in [-0.2, -0.15) is 0 Å². The monoisotopic (exact) mass is 446 g/mol. The molecular formula is C21H21F3N6O2. The van der Waals surface area contributed by atoms with Crippen molar-refractivity contribution in [3.8, 4) is 0 Å². The fourth-order valence-corrected chi connectivity index (χ4v) is 3.26. The predicted molar refractivity (Wildman–Crippen MR) is 110 cm³/mol. The van der Waals surface area contributed by atoms with Gasteiger partial charge in [-0.1, -0.05) is 0 Å². The van der Waals surface area contributed by atoms with Gasteiger partial charge in [-0.3, -0.25) is 9.78 Å². The first-order chi connectivity index (χ1) is 15.5. The maximum Gasteiger partial charge on any atom is 0.273 e. The van der Waals surface area contributed by atoms with Crippen LogP contribution in [0.2, 0.25) is 0 Å². The van der Waals surface area contributed by atoms with E-state index in [0.29, 0.717) is 31.8 Å². The van der Waals surface area contributed by atoms with Crippen LogP contribution in [0, 0.1) is 17.5 Å². The van der Waals surface area contributed by atoms with Crippen LogP contribution in [0.15, 0.2) is 41.1 Å². The molecule has 0 aliphatic carbocycles. The Morgan fingerprint density at radius 1 is 1.06 bits per heavy atom. The van der Waals surface area contributed by atoms with Crippen LogP contribution in [-0.4, -0.2) is 35.1 Å². The van der Waals surface area contributed by atoms with Gasteiger partial charge in [0, 0.05) is 19.2 Å². The second kappa shape index (κ2) is 9.69. The number of oxazole rings is 1. The first-order valence-corrected chi connectivity index (χ1v) is 10.0. The molecule has 32 heavy (non-hydrogen) atoms. The van der Waals surface area contributed by atoms with Crippen molar-refractivity contribution in [3.05, 3.63) is 71.5 Å². The number of hydrogen-bond acceptors (Lipinski definition) is 7. The zero-order valence-corrected chi connectivity index (χ0v) is 16.9. The Labute approximate surface area is 181 Å². The molecule has 1 aliphatic rings. The summed E-state index contributed by atoms with van der Waals surface area (Å²) in [5.41, 5.74) is 0.517. The summed E-state index contributed by atoms with van der Waals surface area (Å²) in [5, 5.41) is 11.6. The van der Waals surface area contributed by atoms with Crippen LogP contribution in [0.25, 0.3) is 0 Å². The maximum absolute atomic E-state index is 13.7. The summed E-state index contributed by atoms with van der Waals surface area (Å²) in [6.07, 6.45) is 3.42. The third kappa shape index (κ3) is 4.99. The van der Waals surface area contributed by atoms with Crippen LogP contribution in [0.5, 0.6) is 0 Å². The van der Waals surface area contributed by atoms with Crippen molar-refractivity contribution in [2.24, 2.45) is 0 Å². The number of pyridine rings is 1. The summed E-state index contributed by atoms with van der Waals surface area (Å²) in [6, 6.07) is 4.91. The Balaban J connectivity index is 1.16. The Morgan fingerprint density at radius 3 is 2.53 bits per heavy atom. The molecule has 1 aliphatic heterocycles. The number of carbonyl (C=O) groups is 1. The predicted octanol–water partition coefficient (Wildman–Crippen LogP) is 2.80. The third-order valence-electron chi connectivity index (χ3n) is 4.90. The number of halogens is 3. The van der Waals surface area contributed by atoms with E-state index in [1.807, 2.05) is 0 Å². The summed E-state index contributed by atoms with van der Waals surface area (Å²) < 4.78 is 46.3. The number of carbonyl (C=O) groups excluding carboxylic acids is 1. The van der Waals surface area contributed by atoms with E-state index in [2.05, 4.69) is 31.2 Å². The molecule has 0 bridgehead atoms. The quantitative estimate of drug-likeness (QED) is 0.375. The summed E-state index contributed by atoms with van der Waals surface area (Å²) in [5.74, 6) is -1.62. The number of hydrogen-bond donors (Lipinski definition) is 4. The first kappa shape index (κ1) is 21.6. The van der Waals surface area contributed by atoms with Gasteiger partial charge >= 0.3 is 0 Å². The number of fused-ring (bicyclic) bond motifs is 1. The van der Waals surface area contributed by atoms with E-state index in [-0.39, 0.29) is 35.5 Å². The molecule has 3 heterocycles. The van der Waals surface area contributed by atoms with E-state index in [1.54, 1.807) is 0 Å². The Kier molecular flexibility index (Phi) is 6.55. The fourth-order valence-electron chi connectivity index (χ4n) is 3.26. The number of nitrogens with zero attached hydrogens (tertiary/aromatic N) is 2. The summed E-state index contributed by atoms with van der Waals surface area (Å²) in [6.45, 7) is 1.05. The minimum atomic E-state index is -0.502. The van der Waals surface area contributed by atoms with Crippen LogP contribution >= 0.6 is 0 Å². The second-order valence-electron chi connectivity index (χ2n) is 7.15. The molecule has 11 heteroatoms. The summed E-state index contributed by atoms with van der Waals surface area (Å²) in [7, 11) is 0. The lowest BCUT2D eigenvalue weighted by Crippen LogP contribution is -2.29. The van der Waals surface area contributed by atoms with Gasteiger partial charge in [0.25, 0.3) is 5.91 Å². The minimum absolute atomic E-state index is 0.0594. The summed E-state index contributed by atoms with van der Waals surface area (Å²) >= 11 is 0. The molecule has 0 saturated carbocycles. The largest absolute Gasteiger partial charge is 0.448 e. The van der Waals surface area contributed by atoms with Crippen LogP contribution < -0.4 is 21.3 Å². The molecule has 3 aromatic rings. The molecule has 1 aromatic carbocycles. The fraction of sp³-hybridized carbons (Fsp3) is 0.286. The van der Waals surface area contributed by atoms with Crippen molar-refractivity contribution in [2.75, 3.05) is 23.7 Å². The van der Waals surface area contributed by atoms with E-state index in [4.69, 9.17) is 4.42 Å². The lowest BCUT2D eigenvalue weighted by atomic mass is 10.2. The molecule has 4 N–H and O–H groups in total. The van der Waals surface area contributed by atoms with Gasteiger partial charge in [0.05, 0.1) is 29.8 Å².